The number of rotatable bonds is 5. The molecule has 7 nitrogen and oxygen atoms in total. The van der Waals surface area contributed by atoms with E-state index < -0.39 is 10.0 Å². The molecule has 1 fully saturated rings. The van der Waals surface area contributed by atoms with Gasteiger partial charge in [0.1, 0.15) is 0 Å². The molecule has 1 heterocycles. The summed E-state index contributed by atoms with van der Waals surface area (Å²) in [5.74, 6) is -0.280. The van der Waals surface area contributed by atoms with Gasteiger partial charge in [-0.15, -0.1) is 0 Å². The van der Waals surface area contributed by atoms with E-state index in [1.165, 1.54) is 19.3 Å². The van der Waals surface area contributed by atoms with Gasteiger partial charge >= 0.3 is 0 Å². The molecule has 94 valence electrons. The second-order valence-electron chi connectivity index (χ2n) is 4.02. The quantitative estimate of drug-likeness (QED) is 0.730. The summed E-state index contributed by atoms with van der Waals surface area (Å²) in [5.41, 5.74) is 0. The Bertz CT molecular complexity index is 492. The van der Waals surface area contributed by atoms with Crippen LogP contribution in [0.25, 0.3) is 0 Å². The standard InChI is InChI=1S/C9H14N4O3S/c1-13(6-8(14)11-7-2-3-7)17(15,16)9-4-5-10-12-9/h4-5,7H,2-3,6H2,1H3,(H,10,12)(H,11,14). The lowest BCUT2D eigenvalue weighted by Crippen LogP contribution is -2.39. The molecule has 8 heteroatoms. The lowest BCUT2D eigenvalue weighted by atomic mass is 10.5. The van der Waals surface area contributed by atoms with Crippen molar-refractivity contribution < 1.29 is 13.2 Å². The van der Waals surface area contributed by atoms with Crippen LogP contribution in [0.5, 0.6) is 0 Å². The molecule has 1 aromatic rings. The Balaban J connectivity index is 1.99. The third-order valence-corrected chi connectivity index (χ3v) is 4.21. The van der Waals surface area contributed by atoms with Crippen molar-refractivity contribution in [1.29, 1.82) is 0 Å². The van der Waals surface area contributed by atoms with Crippen molar-refractivity contribution in [3.63, 3.8) is 0 Å². The summed E-state index contributed by atoms with van der Waals surface area (Å²) in [6, 6.07) is 1.58. The highest BCUT2D eigenvalue weighted by Crippen LogP contribution is 2.18. The number of carbonyl (C=O) groups is 1. The van der Waals surface area contributed by atoms with Gasteiger partial charge in [0.05, 0.1) is 12.7 Å². The Hall–Kier alpha value is -1.41. The number of carbonyl (C=O) groups excluding carboxylic acids is 1. The van der Waals surface area contributed by atoms with Crippen LogP contribution in [0.15, 0.2) is 17.3 Å². The van der Waals surface area contributed by atoms with Gasteiger partial charge in [-0.25, -0.2) is 8.42 Å². The molecule has 0 spiro atoms. The summed E-state index contributed by atoms with van der Waals surface area (Å²) in [4.78, 5) is 11.5. The Morgan fingerprint density at radius 3 is 2.88 bits per heavy atom. The number of amides is 1. The lowest BCUT2D eigenvalue weighted by molar-refractivity contribution is -0.121. The number of aromatic nitrogens is 2. The van der Waals surface area contributed by atoms with E-state index >= 15 is 0 Å². The summed E-state index contributed by atoms with van der Waals surface area (Å²) in [6.07, 6.45) is 3.30. The first kappa shape index (κ1) is 12.1. The average Bonchev–Trinajstić information content (AvgIpc) is 2.89. The molecule has 1 aliphatic rings. The van der Waals surface area contributed by atoms with Gasteiger partial charge in [-0.05, 0) is 18.9 Å². The Kier molecular flexibility index (Phi) is 3.16. The number of H-pyrrole nitrogens is 1. The maximum atomic E-state index is 11.9. The molecule has 0 radical (unpaired) electrons. The van der Waals surface area contributed by atoms with E-state index in [0.717, 1.165) is 17.1 Å². The van der Waals surface area contributed by atoms with Crippen LogP contribution in [0, 0.1) is 0 Å². The zero-order chi connectivity index (χ0) is 12.5. The van der Waals surface area contributed by atoms with Crippen LogP contribution in [0.3, 0.4) is 0 Å². The maximum absolute atomic E-state index is 11.9. The predicted molar refractivity (Wildman–Crippen MR) is 59.6 cm³/mol. The maximum Gasteiger partial charge on any atom is 0.260 e. The molecule has 1 amide bonds. The summed E-state index contributed by atoms with van der Waals surface area (Å²) in [6.45, 7) is -0.183. The number of hydrogen-bond acceptors (Lipinski definition) is 4. The molecule has 0 atom stereocenters. The number of nitrogens with zero attached hydrogens (tertiary/aromatic N) is 2. The van der Waals surface area contributed by atoms with E-state index in [9.17, 15) is 13.2 Å². The van der Waals surface area contributed by atoms with Gasteiger partial charge in [-0.3, -0.25) is 9.89 Å². The zero-order valence-corrected chi connectivity index (χ0v) is 10.2. The normalized spacial score (nSPS) is 16.1. The van der Waals surface area contributed by atoms with E-state index in [-0.39, 0.29) is 23.5 Å². The van der Waals surface area contributed by atoms with Crippen molar-refractivity contribution in [2.24, 2.45) is 0 Å². The third kappa shape index (κ3) is 2.83. The zero-order valence-electron chi connectivity index (χ0n) is 9.38. The van der Waals surface area contributed by atoms with E-state index in [4.69, 9.17) is 0 Å². The first-order valence-corrected chi connectivity index (χ1v) is 6.69. The molecule has 1 aliphatic carbocycles. The van der Waals surface area contributed by atoms with Crippen LogP contribution in [-0.4, -0.2) is 48.5 Å². The number of nitrogens with one attached hydrogen (secondary N) is 2. The molecule has 0 unspecified atom stereocenters. The average molecular weight is 258 g/mol. The molecule has 1 aromatic heterocycles. The van der Waals surface area contributed by atoms with Gasteiger partial charge in [-0.2, -0.15) is 9.40 Å². The Labute approximate surface area is 99.2 Å². The Morgan fingerprint density at radius 1 is 1.65 bits per heavy atom. The second-order valence-corrected chi connectivity index (χ2v) is 6.04. The summed E-state index contributed by atoms with van der Waals surface area (Å²) >= 11 is 0. The van der Waals surface area contributed by atoms with Crippen molar-refractivity contribution in [2.75, 3.05) is 13.6 Å². The fraction of sp³-hybridized carbons (Fsp3) is 0.556. The molecule has 17 heavy (non-hydrogen) atoms. The minimum Gasteiger partial charge on any atom is -0.352 e. The van der Waals surface area contributed by atoms with Crippen molar-refractivity contribution in [3.05, 3.63) is 12.3 Å². The van der Waals surface area contributed by atoms with E-state index in [1.54, 1.807) is 0 Å². The van der Waals surface area contributed by atoms with Gasteiger partial charge in [0.25, 0.3) is 10.0 Å². The van der Waals surface area contributed by atoms with Crippen LogP contribution < -0.4 is 5.32 Å². The van der Waals surface area contributed by atoms with Crippen LogP contribution >= 0.6 is 0 Å². The smallest absolute Gasteiger partial charge is 0.260 e. The lowest BCUT2D eigenvalue weighted by Gasteiger charge is -2.15. The van der Waals surface area contributed by atoms with E-state index in [1.807, 2.05) is 0 Å². The first-order valence-electron chi connectivity index (χ1n) is 5.25. The van der Waals surface area contributed by atoms with E-state index in [2.05, 4.69) is 15.5 Å². The summed E-state index contributed by atoms with van der Waals surface area (Å²) in [5, 5.41) is 8.67. The number of aromatic amines is 1. The van der Waals surface area contributed by atoms with Gasteiger partial charge in [0.2, 0.25) is 5.91 Å². The fourth-order valence-electron chi connectivity index (χ4n) is 1.34. The molecule has 2 N–H and O–H groups in total. The van der Waals surface area contributed by atoms with Crippen LogP contribution in [0.4, 0.5) is 0 Å². The number of sulfonamides is 1. The highest BCUT2D eigenvalue weighted by molar-refractivity contribution is 7.89. The molecular weight excluding hydrogens is 244 g/mol. The highest BCUT2D eigenvalue weighted by atomic mass is 32.2. The van der Waals surface area contributed by atoms with Gasteiger partial charge in [0, 0.05) is 13.1 Å². The summed E-state index contributed by atoms with van der Waals surface area (Å²) < 4.78 is 24.8. The molecule has 0 bridgehead atoms. The summed E-state index contributed by atoms with van der Waals surface area (Å²) in [7, 11) is -2.29. The third-order valence-electron chi connectivity index (χ3n) is 2.47. The number of hydrogen-bond donors (Lipinski definition) is 2. The molecule has 0 aliphatic heterocycles. The predicted octanol–water partition coefficient (Wildman–Crippen LogP) is -0.691. The van der Waals surface area contributed by atoms with Crippen molar-refractivity contribution >= 4 is 15.9 Å². The largest absolute Gasteiger partial charge is 0.352 e. The van der Waals surface area contributed by atoms with Crippen LogP contribution in [0.1, 0.15) is 12.8 Å². The second kappa shape index (κ2) is 4.46. The van der Waals surface area contributed by atoms with Crippen molar-refractivity contribution in [3.8, 4) is 0 Å². The molecule has 0 aromatic carbocycles. The van der Waals surface area contributed by atoms with E-state index in [0.29, 0.717) is 0 Å². The minimum absolute atomic E-state index is 0.0146. The topological polar surface area (TPSA) is 95.2 Å². The van der Waals surface area contributed by atoms with Crippen molar-refractivity contribution in [2.45, 2.75) is 23.9 Å². The number of likely N-dealkylation sites (N-methyl/N-ethyl adjacent to an activating group) is 1. The van der Waals surface area contributed by atoms with Crippen LogP contribution in [0.2, 0.25) is 0 Å². The highest BCUT2D eigenvalue weighted by Gasteiger charge is 2.27. The van der Waals surface area contributed by atoms with Gasteiger partial charge in [0.15, 0.2) is 5.03 Å². The van der Waals surface area contributed by atoms with Gasteiger partial charge < -0.3 is 5.32 Å². The molecule has 1 saturated carbocycles. The first-order chi connectivity index (χ1) is 8.00. The fourth-order valence-corrected chi connectivity index (χ4v) is 2.37. The Morgan fingerprint density at radius 2 is 2.35 bits per heavy atom. The van der Waals surface area contributed by atoms with Crippen LogP contribution in [-0.2, 0) is 14.8 Å². The SMILES string of the molecule is CN(CC(=O)NC1CC1)S(=O)(=O)c1ccn[nH]1. The molecule has 2 rings (SSSR count). The van der Waals surface area contributed by atoms with Gasteiger partial charge in [-0.1, -0.05) is 0 Å². The monoisotopic (exact) mass is 258 g/mol. The molecular formula is C9H14N4O3S. The minimum atomic E-state index is -3.65. The molecule has 0 saturated heterocycles. The van der Waals surface area contributed by atoms with Crippen molar-refractivity contribution in [1.82, 2.24) is 19.8 Å².